The number of aromatic nitrogens is 1. The molecule has 2 amide bonds. The normalized spacial score (nSPS) is 11.7. The molecule has 4 N–H and O–H groups in total. The van der Waals surface area contributed by atoms with Crippen molar-refractivity contribution >= 4 is 22.6 Å². The first kappa shape index (κ1) is 17.9. The monoisotopic (exact) mass is 368 g/mol. The van der Waals surface area contributed by atoms with Gasteiger partial charge in [-0.15, -0.1) is 0 Å². The van der Waals surface area contributed by atoms with Crippen LogP contribution in [0.1, 0.15) is 17.2 Å². The Morgan fingerprint density at radius 1 is 1.33 bits per heavy atom. The van der Waals surface area contributed by atoms with E-state index in [9.17, 15) is 20.0 Å². The molecule has 9 heteroatoms. The third-order valence-electron chi connectivity index (χ3n) is 4.12. The molecule has 1 aromatic heterocycles. The summed E-state index contributed by atoms with van der Waals surface area (Å²) < 4.78 is 5.11. The Hall–Kier alpha value is -3.88. The summed E-state index contributed by atoms with van der Waals surface area (Å²) in [7, 11) is 1.51. The number of nitro groups is 1. The fourth-order valence-corrected chi connectivity index (χ4v) is 2.88. The van der Waals surface area contributed by atoms with Crippen molar-refractivity contribution in [1.82, 2.24) is 10.3 Å². The van der Waals surface area contributed by atoms with Crippen LogP contribution in [0, 0.1) is 10.1 Å². The second kappa shape index (κ2) is 7.16. The van der Waals surface area contributed by atoms with Gasteiger partial charge < -0.3 is 20.9 Å². The summed E-state index contributed by atoms with van der Waals surface area (Å²) in [5, 5.41) is 24.9. The lowest BCUT2D eigenvalue weighted by Crippen LogP contribution is -2.33. The largest absolute Gasteiger partial charge is 0.505 e. The number of carbonyl (C=O) groups excluding carboxylic acids is 1. The van der Waals surface area contributed by atoms with Crippen LogP contribution in [0.4, 0.5) is 10.5 Å². The number of carbonyl (C=O) groups is 1. The second-order valence-corrected chi connectivity index (χ2v) is 5.70. The number of primary amides is 1. The standard InChI is InChI=1S/C18H16N4O5/c1-27-11-6-4-10(5-7-11)15(21-18(19)24)13-9-14(22(25)26)12-3-2-8-20-16(12)17(13)23/h2-9,15,23H,1H3,(H3,19,21,24). The van der Waals surface area contributed by atoms with Gasteiger partial charge in [-0.05, 0) is 29.8 Å². The molecule has 0 aliphatic rings. The van der Waals surface area contributed by atoms with Crippen LogP contribution in [0.3, 0.4) is 0 Å². The molecule has 27 heavy (non-hydrogen) atoms. The quantitative estimate of drug-likeness (QED) is 0.467. The highest BCUT2D eigenvalue weighted by Gasteiger charge is 2.26. The van der Waals surface area contributed by atoms with Gasteiger partial charge in [-0.25, -0.2) is 4.79 Å². The van der Waals surface area contributed by atoms with E-state index in [0.717, 1.165) is 0 Å². The van der Waals surface area contributed by atoms with Crippen molar-refractivity contribution in [2.45, 2.75) is 6.04 Å². The van der Waals surface area contributed by atoms with E-state index in [4.69, 9.17) is 10.5 Å². The molecule has 2 aromatic carbocycles. The summed E-state index contributed by atoms with van der Waals surface area (Å²) in [5.74, 6) is 0.317. The average Bonchev–Trinajstić information content (AvgIpc) is 2.66. The zero-order chi connectivity index (χ0) is 19.6. The van der Waals surface area contributed by atoms with E-state index in [1.807, 2.05) is 0 Å². The van der Waals surface area contributed by atoms with Gasteiger partial charge in [0, 0.05) is 17.8 Å². The number of nitrogens with one attached hydrogen (secondary N) is 1. The molecule has 0 radical (unpaired) electrons. The van der Waals surface area contributed by atoms with Crippen LogP contribution in [0.15, 0.2) is 48.7 Å². The van der Waals surface area contributed by atoms with Crippen molar-refractivity contribution in [1.29, 1.82) is 0 Å². The first-order chi connectivity index (χ1) is 12.9. The minimum atomic E-state index is -0.918. The van der Waals surface area contributed by atoms with Gasteiger partial charge in [-0.3, -0.25) is 15.1 Å². The number of ether oxygens (including phenoxy) is 1. The number of aromatic hydroxyl groups is 1. The van der Waals surface area contributed by atoms with E-state index < -0.39 is 17.0 Å². The molecule has 3 rings (SSSR count). The predicted octanol–water partition coefficient (Wildman–Crippen LogP) is 2.61. The first-order valence-electron chi connectivity index (χ1n) is 7.87. The molecule has 0 aliphatic heterocycles. The smallest absolute Gasteiger partial charge is 0.312 e. The maximum Gasteiger partial charge on any atom is 0.312 e. The summed E-state index contributed by atoms with van der Waals surface area (Å²) in [6, 6.07) is 9.12. The third kappa shape index (κ3) is 3.43. The number of benzene rings is 2. The van der Waals surface area contributed by atoms with E-state index in [1.54, 1.807) is 24.3 Å². The Kier molecular flexibility index (Phi) is 4.75. The highest BCUT2D eigenvalue weighted by Crippen LogP contribution is 2.39. The van der Waals surface area contributed by atoms with E-state index in [1.165, 1.54) is 31.5 Å². The maximum absolute atomic E-state index is 11.5. The lowest BCUT2D eigenvalue weighted by molar-refractivity contribution is -0.383. The van der Waals surface area contributed by atoms with Crippen LogP contribution in [0.5, 0.6) is 11.5 Å². The Morgan fingerprint density at radius 2 is 2.04 bits per heavy atom. The van der Waals surface area contributed by atoms with Crippen LogP contribution in [0.2, 0.25) is 0 Å². The first-order valence-corrected chi connectivity index (χ1v) is 7.87. The zero-order valence-corrected chi connectivity index (χ0v) is 14.2. The van der Waals surface area contributed by atoms with Crippen molar-refractivity contribution < 1.29 is 19.6 Å². The summed E-state index contributed by atoms with van der Waals surface area (Å²) in [5.41, 5.74) is 5.76. The van der Waals surface area contributed by atoms with Crippen LogP contribution >= 0.6 is 0 Å². The minimum absolute atomic E-state index is 0.0616. The molecular formula is C18H16N4O5. The van der Waals surface area contributed by atoms with E-state index in [0.29, 0.717) is 11.3 Å². The lowest BCUT2D eigenvalue weighted by atomic mass is 9.95. The molecule has 0 fully saturated rings. The molecule has 0 bridgehead atoms. The summed E-state index contributed by atoms with van der Waals surface area (Å²) >= 11 is 0. The molecule has 1 atom stereocenters. The number of phenols is 1. The Morgan fingerprint density at radius 3 is 2.63 bits per heavy atom. The summed E-state index contributed by atoms with van der Waals surface area (Å²) in [6.07, 6.45) is 1.42. The molecule has 9 nitrogen and oxygen atoms in total. The number of methoxy groups -OCH3 is 1. The van der Waals surface area contributed by atoms with E-state index >= 15 is 0 Å². The van der Waals surface area contributed by atoms with Gasteiger partial charge >= 0.3 is 6.03 Å². The number of nitro benzene ring substituents is 1. The van der Waals surface area contributed by atoms with Crippen molar-refractivity contribution in [2.75, 3.05) is 7.11 Å². The van der Waals surface area contributed by atoms with Gasteiger partial charge in [0.2, 0.25) is 0 Å². The van der Waals surface area contributed by atoms with Crippen LogP contribution in [-0.2, 0) is 0 Å². The molecular weight excluding hydrogens is 352 g/mol. The van der Waals surface area contributed by atoms with E-state index in [2.05, 4.69) is 10.3 Å². The fourth-order valence-electron chi connectivity index (χ4n) is 2.88. The summed E-state index contributed by atoms with van der Waals surface area (Å²) in [4.78, 5) is 26.5. The second-order valence-electron chi connectivity index (χ2n) is 5.70. The maximum atomic E-state index is 11.5. The molecule has 1 unspecified atom stereocenters. The number of nitrogens with zero attached hydrogens (tertiary/aromatic N) is 2. The number of hydrogen-bond donors (Lipinski definition) is 3. The summed E-state index contributed by atoms with van der Waals surface area (Å²) in [6.45, 7) is 0. The number of amides is 2. The van der Waals surface area contributed by atoms with Gasteiger partial charge in [0.15, 0.2) is 0 Å². The molecule has 1 heterocycles. The van der Waals surface area contributed by atoms with Gasteiger partial charge in [0.1, 0.15) is 17.0 Å². The lowest BCUT2D eigenvalue weighted by Gasteiger charge is -2.20. The predicted molar refractivity (Wildman–Crippen MR) is 97.6 cm³/mol. The topological polar surface area (TPSA) is 141 Å². The molecule has 0 saturated carbocycles. The van der Waals surface area contributed by atoms with Gasteiger partial charge in [0.25, 0.3) is 5.69 Å². The van der Waals surface area contributed by atoms with Crippen LogP contribution in [-0.4, -0.2) is 28.2 Å². The Balaban J connectivity index is 2.24. The Bertz CT molecular complexity index is 1020. The molecule has 3 aromatic rings. The molecule has 138 valence electrons. The highest BCUT2D eigenvalue weighted by atomic mass is 16.6. The molecule has 0 spiro atoms. The highest BCUT2D eigenvalue weighted by molar-refractivity contribution is 5.93. The molecule has 0 aliphatic carbocycles. The van der Waals surface area contributed by atoms with Crippen LogP contribution in [0.25, 0.3) is 10.9 Å². The number of phenolic OH excluding ortho intramolecular Hbond substituents is 1. The number of non-ortho nitro benzene ring substituents is 1. The van der Waals surface area contributed by atoms with Crippen molar-refractivity contribution in [2.24, 2.45) is 5.73 Å². The Labute approximate surface area is 153 Å². The van der Waals surface area contributed by atoms with Crippen LogP contribution < -0.4 is 15.8 Å². The third-order valence-corrected chi connectivity index (χ3v) is 4.12. The van der Waals surface area contributed by atoms with E-state index in [-0.39, 0.29) is 27.9 Å². The minimum Gasteiger partial charge on any atom is -0.505 e. The number of hydrogen-bond acceptors (Lipinski definition) is 6. The number of nitrogens with two attached hydrogens (primary N) is 1. The molecule has 0 saturated heterocycles. The SMILES string of the molecule is COc1ccc(C(NC(N)=O)c2cc([N+](=O)[O-])c3cccnc3c2O)cc1. The number of rotatable bonds is 5. The number of urea groups is 1. The van der Waals surface area contributed by atoms with Gasteiger partial charge in [-0.2, -0.15) is 0 Å². The van der Waals surface area contributed by atoms with Gasteiger partial charge in [-0.1, -0.05) is 12.1 Å². The average molecular weight is 368 g/mol. The fraction of sp³-hybridized carbons (Fsp3) is 0.111. The van der Waals surface area contributed by atoms with Crippen molar-refractivity contribution in [3.05, 3.63) is 69.9 Å². The zero-order valence-electron chi connectivity index (χ0n) is 14.2. The van der Waals surface area contributed by atoms with Gasteiger partial charge in [0.05, 0.1) is 23.5 Å². The number of fused-ring (bicyclic) bond motifs is 1. The van der Waals surface area contributed by atoms with Crippen molar-refractivity contribution in [3.63, 3.8) is 0 Å². The number of pyridine rings is 1. The van der Waals surface area contributed by atoms with Crippen molar-refractivity contribution in [3.8, 4) is 11.5 Å².